The summed E-state index contributed by atoms with van der Waals surface area (Å²) >= 11 is 6.95. The molecule has 0 spiro atoms. The number of ketones is 1. The molecule has 1 saturated heterocycles. The van der Waals surface area contributed by atoms with Gasteiger partial charge in [0.1, 0.15) is 10.0 Å². The van der Waals surface area contributed by atoms with Gasteiger partial charge >= 0.3 is 0 Å². The summed E-state index contributed by atoms with van der Waals surface area (Å²) in [6, 6.07) is 15.1. The van der Waals surface area contributed by atoms with Gasteiger partial charge in [0.05, 0.1) is 6.54 Å². The predicted octanol–water partition coefficient (Wildman–Crippen LogP) is 4.75. The predicted molar refractivity (Wildman–Crippen MR) is 129 cm³/mol. The fourth-order valence-corrected chi connectivity index (χ4v) is 6.84. The first-order valence-corrected chi connectivity index (χ1v) is 13.3. The summed E-state index contributed by atoms with van der Waals surface area (Å²) in [4.78, 5) is 25.6. The fraction of sp³-hybridized carbons (Fsp3) is 0.250. The van der Waals surface area contributed by atoms with Crippen molar-refractivity contribution in [3.05, 3.63) is 87.5 Å². The van der Waals surface area contributed by atoms with Crippen molar-refractivity contribution >= 4 is 44.7 Å². The number of thiophene rings is 1. The molecule has 4 rings (SSSR count). The average Bonchev–Trinajstić information content (AvgIpc) is 3.33. The Morgan fingerprint density at radius 3 is 2.24 bits per heavy atom. The number of hydrogen-bond donors (Lipinski definition) is 1. The zero-order valence-electron chi connectivity index (χ0n) is 18.0. The molecular weight excluding hydrogens is 499 g/mol. The van der Waals surface area contributed by atoms with E-state index in [0.29, 0.717) is 33.9 Å². The second-order valence-corrected chi connectivity index (χ2v) is 11.7. The van der Waals surface area contributed by atoms with Crippen molar-refractivity contribution in [3.63, 3.8) is 0 Å². The van der Waals surface area contributed by atoms with Gasteiger partial charge in [0.2, 0.25) is 0 Å². The molecule has 2 heterocycles. The topological polar surface area (TPSA) is 83.6 Å². The minimum Gasteiger partial charge on any atom is -0.347 e. The molecule has 3 aromatic rings. The van der Waals surface area contributed by atoms with Crippen LogP contribution in [0.3, 0.4) is 0 Å². The number of sulfonamides is 1. The molecule has 178 valence electrons. The van der Waals surface area contributed by atoms with E-state index in [2.05, 4.69) is 5.32 Å². The molecule has 1 N–H and O–H groups in total. The summed E-state index contributed by atoms with van der Waals surface area (Å²) in [5, 5.41) is 3.31. The Balaban J connectivity index is 1.34. The third-order valence-electron chi connectivity index (χ3n) is 5.71. The van der Waals surface area contributed by atoms with E-state index in [9.17, 15) is 22.4 Å². The van der Waals surface area contributed by atoms with Gasteiger partial charge in [-0.15, -0.1) is 11.3 Å². The molecule has 1 amide bonds. The highest BCUT2D eigenvalue weighted by molar-refractivity contribution is 7.91. The Labute approximate surface area is 206 Å². The molecule has 0 radical (unpaired) electrons. The third-order valence-corrected chi connectivity index (χ3v) is 9.42. The Kier molecular flexibility index (Phi) is 7.47. The van der Waals surface area contributed by atoms with Crippen LogP contribution in [-0.4, -0.2) is 37.5 Å². The van der Waals surface area contributed by atoms with Gasteiger partial charge in [-0.05, 0) is 73.5 Å². The first-order valence-electron chi connectivity index (χ1n) is 10.7. The van der Waals surface area contributed by atoms with Crippen LogP contribution in [0.1, 0.15) is 38.4 Å². The number of carbonyl (C=O) groups excluding carboxylic acids is 2. The van der Waals surface area contributed by atoms with Gasteiger partial charge in [-0.2, -0.15) is 4.31 Å². The number of halogens is 2. The van der Waals surface area contributed by atoms with Crippen LogP contribution >= 0.6 is 22.9 Å². The second kappa shape index (κ2) is 10.4. The standard InChI is InChI=1S/C24H22ClFN2O4S2/c25-19-5-1-18(2-6-19)24(30)27-15-21-9-10-22(33-21)34(31,32)28-13-11-17(12-14-28)23(29)16-3-7-20(26)8-4-16/h1-10,17H,11-15H2,(H,27,30). The molecule has 0 aliphatic carbocycles. The van der Waals surface area contributed by atoms with Crippen LogP contribution in [0.5, 0.6) is 0 Å². The maximum absolute atomic E-state index is 13.1. The van der Waals surface area contributed by atoms with Crippen LogP contribution in [0, 0.1) is 11.7 Å². The smallest absolute Gasteiger partial charge is 0.252 e. The lowest BCUT2D eigenvalue weighted by molar-refractivity contribution is 0.0874. The average molecular weight is 521 g/mol. The minimum absolute atomic E-state index is 0.0908. The molecule has 0 bridgehead atoms. The Bertz CT molecular complexity index is 1280. The first kappa shape index (κ1) is 24.5. The quantitative estimate of drug-likeness (QED) is 0.455. The van der Waals surface area contributed by atoms with Crippen molar-refractivity contribution < 1.29 is 22.4 Å². The second-order valence-electron chi connectivity index (χ2n) is 7.96. The van der Waals surface area contributed by atoms with Gasteiger partial charge in [-0.1, -0.05) is 11.6 Å². The number of nitrogens with one attached hydrogen (secondary N) is 1. The maximum Gasteiger partial charge on any atom is 0.252 e. The third kappa shape index (κ3) is 5.55. The van der Waals surface area contributed by atoms with E-state index in [1.807, 2.05) is 0 Å². The number of Topliss-reactive ketones (excluding diaryl/α,β-unsaturated/α-hetero) is 1. The summed E-state index contributed by atoms with van der Waals surface area (Å²) in [7, 11) is -3.69. The van der Waals surface area contributed by atoms with Crippen molar-refractivity contribution in [1.82, 2.24) is 9.62 Å². The molecule has 0 atom stereocenters. The number of hydrogen-bond acceptors (Lipinski definition) is 5. The Morgan fingerprint density at radius 2 is 1.59 bits per heavy atom. The van der Waals surface area contributed by atoms with Crippen molar-refractivity contribution in [2.45, 2.75) is 23.6 Å². The summed E-state index contributed by atoms with van der Waals surface area (Å²) in [5.41, 5.74) is 0.901. The van der Waals surface area contributed by atoms with Crippen LogP contribution in [0.15, 0.2) is 64.9 Å². The molecule has 0 unspecified atom stereocenters. The van der Waals surface area contributed by atoms with Crippen LogP contribution in [-0.2, 0) is 16.6 Å². The molecule has 10 heteroatoms. The number of rotatable bonds is 7. The lowest BCUT2D eigenvalue weighted by Crippen LogP contribution is -2.40. The molecule has 34 heavy (non-hydrogen) atoms. The Morgan fingerprint density at radius 1 is 0.971 bits per heavy atom. The van der Waals surface area contributed by atoms with Crippen molar-refractivity contribution in [3.8, 4) is 0 Å². The number of nitrogens with zero attached hydrogens (tertiary/aromatic N) is 1. The molecule has 1 aromatic heterocycles. The van der Waals surface area contributed by atoms with Gasteiger partial charge in [0, 0.05) is 40.0 Å². The lowest BCUT2D eigenvalue weighted by atomic mass is 9.90. The van der Waals surface area contributed by atoms with Gasteiger partial charge in [-0.25, -0.2) is 12.8 Å². The molecule has 6 nitrogen and oxygen atoms in total. The fourth-order valence-electron chi connectivity index (χ4n) is 3.80. The van der Waals surface area contributed by atoms with E-state index in [1.165, 1.54) is 28.6 Å². The number of amides is 1. The SMILES string of the molecule is O=C(NCc1ccc(S(=O)(=O)N2CCC(C(=O)c3ccc(F)cc3)CC2)s1)c1ccc(Cl)cc1. The van der Waals surface area contributed by atoms with Crippen LogP contribution in [0.2, 0.25) is 5.02 Å². The van der Waals surface area contributed by atoms with Gasteiger partial charge in [-0.3, -0.25) is 9.59 Å². The Hall–Kier alpha value is -2.59. The van der Waals surface area contributed by atoms with Gasteiger partial charge < -0.3 is 5.32 Å². The first-order chi connectivity index (χ1) is 16.2. The van der Waals surface area contributed by atoms with Crippen LogP contribution in [0.4, 0.5) is 4.39 Å². The summed E-state index contributed by atoms with van der Waals surface area (Å²) < 4.78 is 40.9. The number of benzene rings is 2. The molecule has 1 aliphatic rings. The summed E-state index contributed by atoms with van der Waals surface area (Å²) in [6.07, 6.45) is 0.815. The number of carbonyl (C=O) groups is 2. The zero-order valence-corrected chi connectivity index (χ0v) is 20.4. The lowest BCUT2D eigenvalue weighted by Gasteiger charge is -2.30. The van der Waals surface area contributed by atoms with E-state index >= 15 is 0 Å². The van der Waals surface area contributed by atoms with Gasteiger partial charge in [0.25, 0.3) is 15.9 Å². The van der Waals surface area contributed by atoms with E-state index in [1.54, 1.807) is 36.4 Å². The van der Waals surface area contributed by atoms with Crippen molar-refractivity contribution in [2.24, 2.45) is 5.92 Å². The minimum atomic E-state index is -3.69. The van der Waals surface area contributed by atoms with Crippen molar-refractivity contribution in [2.75, 3.05) is 13.1 Å². The van der Waals surface area contributed by atoms with E-state index in [-0.39, 0.29) is 41.5 Å². The van der Waals surface area contributed by atoms with E-state index < -0.39 is 15.8 Å². The van der Waals surface area contributed by atoms with Crippen LogP contribution < -0.4 is 5.32 Å². The normalized spacial score (nSPS) is 15.2. The molecule has 1 aliphatic heterocycles. The van der Waals surface area contributed by atoms with Gasteiger partial charge in [0.15, 0.2) is 5.78 Å². The monoisotopic (exact) mass is 520 g/mol. The van der Waals surface area contributed by atoms with E-state index in [0.717, 1.165) is 11.3 Å². The number of piperidine rings is 1. The summed E-state index contributed by atoms with van der Waals surface area (Å²) in [5.74, 6) is -1.06. The highest BCUT2D eigenvalue weighted by atomic mass is 35.5. The van der Waals surface area contributed by atoms with Crippen molar-refractivity contribution in [1.29, 1.82) is 0 Å². The molecular formula is C24H22ClFN2O4S2. The highest BCUT2D eigenvalue weighted by Crippen LogP contribution is 2.30. The summed E-state index contributed by atoms with van der Waals surface area (Å²) in [6.45, 7) is 0.677. The molecule has 1 fully saturated rings. The maximum atomic E-state index is 13.1. The van der Waals surface area contributed by atoms with Crippen LogP contribution in [0.25, 0.3) is 0 Å². The zero-order chi connectivity index (χ0) is 24.3. The highest BCUT2D eigenvalue weighted by Gasteiger charge is 2.33. The van der Waals surface area contributed by atoms with E-state index in [4.69, 9.17) is 11.6 Å². The largest absolute Gasteiger partial charge is 0.347 e. The molecule has 0 saturated carbocycles. The molecule has 2 aromatic carbocycles.